The summed E-state index contributed by atoms with van der Waals surface area (Å²) in [4.78, 5) is 20.0. The van der Waals surface area contributed by atoms with Crippen LogP contribution in [-0.4, -0.2) is 27.6 Å². The SMILES string of the molecule is N=C(Cc1cc(F)cc(F)c1)C1=C(c2c#cc3c(c2)C(=O)NC3)C=CC(C#Cc2cncnc2)N1. The van der Waals surface area contributed by atoms with E-state index in [1.165, 1.54) is 18.5 Å². The minimum atomic E-state index is -0.708. The number of halogens is 2. The van der Waals surface area contributed by atoms with E-state index in [4.69, 9.17) is 5.41 Å². The summed E-state index contributed by atoms with van der Waals surface area (Å²) in [6, 6.07) is 10.5. The van der Waals surface area contributed by atoms with Crippen molar-refractivity contribution in [2.75, 3.05) is 0 Å². The number of dihydropyridines is 1. The number of allylic oxidation sites excluding steroid dienone is 3. The lowest BCUT2D eigenvalue weighted by Gasteiger charge is -2.23. The molecule has 2 aromatic carbocycles. The van der Waals surface area contributed by atoms with Crippen molar-refractivity contribution in [1.29, 1.82) is 5.41 Å². The Morgan fingerprint density at radius 1 is 1.14 bits per heavy atom. The summed E-state index contributed by atoms with van der Waals surface area (Å²) < 4.78 is 27.5. The predicted molar refractivity (Wildman–Crippen MR) is 125 cm³/mol. The summed E-state index contributed by atoms with van der Waals surface area (Å²) in [6.45, 7) is 0.396. The van der Waals surface area contributed by atoms with E-state index in [2.05, 4.69) is 44.6 Å². The van der Waals surface area contributed by atoms with Gasteiger partial charge in [-0.05, 0) is 29.8 Å². The highest BCUT2D eigenvalue weighted by Gasteiger charge is 2.23. The second kappa shape index (κ2) is 9.20. The van der Waals surface area contributed by atoms with E-state index in [-0.39, 0.29) is 18.0 Å². The maximum Gasteiger partial charge on any atom is 0.252 e. The van der Waals surface area contributed by atoms with E-state index in [0.717, 1.165) is 11.6 Å². The molecule has 2 aliphatic rings. The number of aromatic nitrogens is 2. The van der Waals surface area contributed by atoms with E-state index in [1.807, 2.05) is 6.08 Å². The first-order valence-corrected chi connectivity index (χ1v) is 10.7. The molecule has 5 rings (SSSR count). The lowest BCUT2D eigenvalue weighted by atomic mass is 9.93. The van der Waals surface area contributed by atoms with Crippen LogP contribution in [0.25, 0.3) is 5.57 Å². The van der Waals surface area contributed by atoms with Crippen LogP contribution in [0.2, 0.25) is 0 Å². The molecule has 1 atom stereocenters. The molecule has 0 spiro atoms. The molecule has 0 radical (unpaired) electrons. The molecular formula is C27H17F2N5O. The van der Waals surface area contributed by atoms with Gasteiger partial charge in [0.25, 0.3) is 5.91 Å². The van der Waals surface area contributed by atoms with Crippen LogP contribution in [0.15, 0.2) is 60.8 Å². The Morgan fingerprint density at radius 3 is 2.69 bits per heavy atom. The molecule has 3 heterocycles. The van der Waals surface area contributed by atoms with Gasteiger partial charge >= 0.3 is 0 Å². The molecule has 8 heteroatoms. The molecule has 35 heavy (non-hydrogen) atoms. The molecule has 3 N–H and O–H groups in total. The first-order chi connectivity index (χ1) is 17.0. The van der Waals surface area contributed by atoms with Crippen LogP contribution in [0.4, 0.5) is 8.78 Å². The van der Waals surface area contributed by atoms with Crippen molar-refractivity contribution >= 4 is 17.2 Å². The fraction of sp³-hybridized carbons (Fsp3) is 0.111. The summed E-state index contributed by atoms with van der Waals surface area (Å²) in [5.74, 6) is 4.44. The average molecular weight is 465 g/mol. The number of nitrogens with one attached hydrogen (secondary N) is 3. The molecule has 2 aliphatic heterocycles. The number of fused-ring (bicyclic) bond motifs is 1. The largest absolute Gasteiger partial charge is 0.366 e. The smallest absolute Gasteiger partial charge is 0.252 e. The van der Waals surface area contributed by atoms with Gasteiger partial charge in [-0.15, -0.1) is 0 Å². The van der Waals surface area contributed by atoms with Gasteiger partial charge in [-0.1, -0.05) is 30.0 Å². The second-order valence-corrected chi connectivity index (χ2v) is 7.98. The number of amides is 1. The Morgan fingerprint density at radius 2 is 1.91 bits per heavy atom. The minimum Gasteiger partial charge on any atom is -0.366 e. The van der Waals surface area contributed by atoms with E-state index in [0.29, 0.717) is 40.1 Å². The molecule has 0 saturated heterocycles. The van der Waals surface area contributed by atoms with Crippen molar-refractivity contribution in [3.8, 4) is 11.8 Å². The summed E-state index contributed by atoms with van der Waals surface area (Å²) in [7, 11) is 0. The molecule has 1 unspecified atom stereocenters. The van der Waals surface area contributed by atoms with Crippen LogP contribution in [0, 0.1) is 41.0 Å². The van der Waals surface area contributed by atoms with Gasteiger partial charge < -0.3 is 16.0 Å². The third-order valence-electron chi connectivity index (χ3n) is 5.48. The molecule has 1 amide bonds. The van der Waals surface area contributed by atoms with Crippen LogP contribution < -0.4 is 10.6 Å². The number of rotatable bonds is 4. The van der Waals surface area contributed by atoms with Gasteiger partial charge in [0.15, 0.2) is 0 Å². The Bertz CT molecular complexity index is 1450. The summed E-state index contributed by atoms with van der Waals surface area (Å²) >= 11 is 0. The van der Waals surface area contributed by atoms with Gasteiger partial charge in [-0.3, -0.25) is 4.79 Å². The predicted octanol–water partition coefficient (Wildman–Crippen LogP) is 3.15. The molecule has 0 fully saturated rings. The maximum atomic E-state index is 13.7. The van der Waals surface area contributed by atoms with Gasteiger partial charge in [-0.25, -0.2) is 18.7 Å². The zero-order valence-corrected chi connectivity index (χ0v) is 18.2. The lowest BCUT2D eigenvalue weighted by molar-refractivity contribution is 0.0965. The highest BCUT2D eigenvalue weighted by molar-refractivity contribution is 6.07. The normalized spacial score (nSPS) is 15.9. The fourth-order valence-electron chi connectivity index (χ4n) is 3.87. The van der Waals surface area contributed by atoms with Crippen LogP contribution in [0.3, 0.4) is 0 Å². The van der Waals surface area contributed by atoms with Crippen molar-refractivity contribution < 1.29 is 13.6 Å². The lowest BCUT2D eigenvalue weighted by Crippen LogP contribution is -2.33. The quantitative estimate of drug-likeness (QED) is 0.408. The third kappa shape index (κ3) is 4.78. The number of nitrogens with zero attached hydrogens (tertiary/aromatic N) is 2. The monoisotopic (exact) mass is 465 g/mol. The van der Waals surface area contributed by atoms with E-state index < -0.39 is 17.7 Å². The zero-order valence-electron chi connectivity index (χ0n) is 18.2. The van der Waals surface area contributed by atoms with Crippen LogP contribution >= 0.6 is 0 Å². The molecule has 3 aromatic rings. The van der Waals surface area contributed by atoms with Gasteiger partial charge in [0, 0.05) is 41.6 Å². The first-order valence-electron chi connectivity index (χ1n) is 10.7. The van der Waals surface area contributed by atoms with Crippen LogP contribution in [0.1, 0.15) is 32.6 Å². The summed E-state index contributed by atoms with van der Waals surface area (Å²) in [5, 5.41) is 14.7. The first kappa shape index (κ1) is 22.0. The van der Waals surface area contributed by atoms with Gasteiger partial charge in [0.2, 0.25) is 0 Å². The van der Waals surface area contributed by atoms with Crippen molar-refractivity contribution in [1.82, 2.24) is 20.6 Å². The van der Waals surface area contributed by atoms with Crippen molar-refractivity contribution in [3.63, 3.8) is 0 Å². The number of carbonyl (C=O) groups excluding carboxylic acids is 1. The molecule has 1 aromatic heterocycles. The van der Waals surface area contributed by atoms with Gasteiger partial charge in [0.1, 0.15) is 24.0 Å². The minimum absolute atomic E-state index is 0.0177. The second-order valence-electron chi connectivity index (χ2n) is 7.98. The van der Waals surface area contributed by atoms with E-state index in [1.54, 1.807) is 24.5 Å². The number of hydrogen-bond donors (Lipinski definition) is 3. The summed E-state index contributed by atoms with van der Waals surface area (Å²) in [6.07, 6.45) is 8.21. The van der Waals surface area contributed by atoms with Gasteiger partial charge in [-0.2, -0.15) is 0 Å². The fourth-order valence-corrected chi connectivity index (χ4v) is 3.87. The highest BCUT2D eigenvalue weighted by atomic mass is 19.1. The maximum absolute atomic E-state index is 13.7. The van der Waals surface area contributed by atoms with Crippen molar-refractivity contribution in [2.24, 2.45) is 0 Å². The Balaban J connectivity index is 1.51. The standard InChI is InChI=1S/C27H17F2N5O/c28-20-7-17(8-21(29)11-20)9-25(30)26-23(18-2-3-19-14-33-27(35)24(19)10-18)6-5-22(34-26)4-1-16-12-31-15-32-13-16/h5-8,10-13,15,22,30,34H,9,14H2,(H,33,35). The summed E-state index contributed by atoms with van der Waals surface area (Å²) in [5.41, 5.74) is 3.88. The van der Waals surface area contributed by atoms with E-state index in [9.17, 15) is 13.6 Å². The number of benzene rings is 1. The molecule has 6 nitrogen and oxygen atoms in total. The molecule has 0 saturated carbocycles. The van der Waals surface area contributed by atoms with Crippen molar-refractivity contribution in [2.45, 2.75) is 19.0 Å². The van der Waals surface area contributed by atoms with E-state index >= 15 is 0 Å². The Hall–Kier alpha value is -4.82. The van der Waals surface area contributed by atoms with Crippen molar-refractivity contribution in [3.05, 3.63) is 112 Å². The average Bonchev–Trinajstić information content (AvgIpc) is 3.22. The number of hydrogen-bond acceptors (Lipinski definition) is 5. The Kier molecular flexibility index (Phi) is 5.78. The highest BCUT2D eigenvalue weighted by Crippen LogP contribution is 2.26. The topological polar surface area (TPSA) is 90.8 Å². The number of carbonyl (C=O) groups is 1. The molecule has 0 bridgehead atoms. The Labute approximate surface area is 200 Å². The molecular weight excluding hydrogens is 448 g/mol. The molecule has 170 valence electrons. The van der Waals surface area contributed by atoms with Gasteiger partial charge in [0.05, 0.1) is 29.1 Å². The third-order valence-corrected chi connectivity index (χ3v) is 5.48. The van der Waals surface area contributed by atoms with Crippen LogP contribution in [0.5, 0.6) is 0 Å². The van der Waals surface area contributed by atoms with Crippen LogP contribution in [-0.2, 0) is 13.0 Å². The zero-order chi connectivity index (χ0) is 24.4. The molecule has 0 aliphatic carbocycles.